The topological polar surface area (TPSA) is 78.4 Å². The fourth-order valence-corrected chi connectivity index (χ4v) is 3.09. The van der Waals surface area contributed by atoms with Gasteiger partial charge in [-0.1, -0.05) is 33.1 Å². The van der Waals surface area contributed by atoms with Crippen molar-refractivity contribution in [1.29, 1.82) is 0 Å². The molecule has 116 valence electrons. The standard InChI is InChI=1S/C15H28N2O3/c1-4-11(5-2)10(3)16-15(20)17-13-8-6-7-12(9-13)14(18)19/h10-13H,4-9H2,1-3H3,(H,18,19)(H2,16,17,20). The molecule has 20 heavy (non-hydrogen) atoms. The van der Waals surface area contributed by atoms with Gasteiger partial charge in [0.15, 0.2) is 0 Å². The van der Waals surface area contributed by atoms with Gasteiger partial charge < -0.3 is 15.7 Å². The number of carboxylic acid groups (broad SMARTS) is 1. The van der Waals surface area contributed by atoms with E-state index < -0.39 is 5.97 Å². The smallest absolute Gasteiger partial charge is 0.315 e. The molecule has 0 aromatic rings. The molecular formula is C15H28N2O3. The summed E-state index contributed by atoms with van der Waals surface area (Å²) >= 11 is 0. The van der Waals surface area contributed by atoms with Crippen molar-refractivity contribution in [3.8, 4) is 0 Å². The molecule has 0 aromatic heterocycles. The van der Waals surface area contributed by atoms with Crippen molar-refractivity contribution in [1.82, 2.24) is 10.6 Å². The number of urea groups is 1. The second kappa shape index (κ2) is 8.12. The molecule has 0 aliphatic heterocycles. The number of carbonyl (C=O) groups excluding carboxylic acids is 1. The predicted molar refractivity (Wildman–Crippen MR) is 78.6 cm³/mol. The second-order valence-electron chi connectivity index (χ2n) is 5.88. The maximum atomic E-state index is 12.0. The van der Waals surface area contributed by atoms with Gasteiger partial charge in [0.25, 0.3) is 0 Å². The van der Waals surface area contributed by atoms with E-state index in [1.807, 2.05) is 6.92 Å². The molecule has 1 aliphatic rings. The molecule has 5 nitrogen and oxygen atoms in total. The Balaban J connectivity index is 2.40. The Bertz CT molecular complexity index is 329. The van der Waals surface area contributed by atoms with Gasteiger partial charge >= 0.3 is 12.0 Å². The third-order valence-corrected chi connectivity index (χ3v) is 4.47. The Morgan fingerprint density at radius 1 is 1.25 bits per heavy atom. The van der Waals surface area contributed by atoms with Crippen LogP contribution in [0.4, 0.5) is 4.79 Å². The Morgan fingerprint density at radius 3 is 2.45 bits per heavy atom. The zero-order valence-electron chi connectivity index (χ0n) is 12.8. The van der Waals surface area contributed by atoms with Crippen molar-refractivity contribution in [3.63, 3.8) is 0 Å². The van der Waals surface area contributed by atoms with E-state index in [1.54, 1.807) is 0 Å². The highest BCUT2D eigenvalue weighted by atomic mass is 16.4. The number of nitrogens with one attached hydrogen (secondary N) is 2. The van der Waals surface area contributed by atoms with Gasteiger partial charge in [-0.2, -0.15) is 0 Å². The number of hydrogen-bond acceptors (Lipinski definition) is 2. The minimum atomic E-state index is -0.748. The molecule has 3 N–H and O–H groups in total. The number of hydrogen-bond donors (Lipinski definition) is 3. The zero-order chi connectivity index (χ0) is 15.1. The monoisotopic (exact) mass is 284 g/mol. The lowest BCUT2D eigenvalue weighted by Gasteiger charge is -2.29. The number of rotatable bonds is 6. The van der Waals surface area contributed by atoms with Gasteiger partial charge in [-0.15, -0.1) is 0 Å². The number of carbonyl (C=O) groups is 2. The van der Waals surface area contributed by atoms with Crippen molar-refractivity contribution < 1.29 is 14.7 Å². The molecule has 0 radical (unpaired) electrons. The highest BCUT2D eigenvalue weighted by Gasteiger charge is 2.28. The molecule has 0 heterocycles. The SMILES string of the molecule is CCC(CC)C(C)NC(=O)NC1CCCC(C(=O)O)C1. The van der Waals surface area contributed by atoms with Crippen molar-refractivity contribution in [2.75, 3.05) is 0 Å². The van der Waals surface area contributed by atoms with Crippen molar-refractivity contribution >= 4 is 12.0 Å². The van der Waals surface area contributed by atoms with E-state index in [0.29, 0.717) is 12.3 Å². The van der Waals surface area contributed by atoms with Gasteiger partial charge in [-0.05, 0) is 32.1 Å². The summed E-state index contributed by atoms with van der Waals surface area (Å²) < 4.78 is 0. The molecule has 0 saturated heterocycles. The fraction of sp³-hybridized carbons (Fsp3) is 0.867. The number of amides is 2. The van der Waals surface area contributed by atoms with Crippen LogP contribution in [0, 0.1) is 11.8 Å². The van der Waals surface area contributed by atoms with Crippen LogP contribution in [0.15, 0.2) is 0 Å². The van der Waals surface area contributed by atoms with E-state index in [9.17, 15) is 9.59 Å². The zero-order valence-corrected chi connectivity index (χ0v) is 12.8. The first kappa shape index (κ1) is 16.8. The summed E-state index contributed by atoms with van der Waals surface area (Å²) in [5, 5.41) is 14.9. The van der Waals surface area contributed by atoms with Crippen LogP contribution in [0.5, 0.6) is 0 Å². The van der Waals surface area contributed by atoms with E-state index in [2.05, 4.69) is 24.5 Å². The van der Waals surface area contributed by atoms with Crippen molar-refractivity contribution in [2.24, 2.45) is 11.8 Å². The van der Waals surface area contributed by atoms with Crippen LogP contribution >= 0.6 is 0 Å². The lowest BCUT2D eigenvalue weighted by molar-refractivity contribution is -0.143. The van der Waals surface area contributed by atoms with Crippen LogP contribution < -0.4 is 10.6 Å². The first-order chi connectivity index (χ1) is 9.47. The summed E-state index contributed by atoms with van der Waals surface area (Å²) in [7, 11) is 0. The Kier molecular flexibility index (Phi) is 6.82. The molecular weight excluding hydrogens is 256 g/mol. The van der Waals surface area contributed by atoms with E-state index in [1.165, 1.54) is 0 Å². The molecule has 5 heteroatoms. The average molecular weight is 284 g/mol. The summed E-state index contributed by atoms with van der Waals surface area (Å²) in [6.07, 6.45) is 5.09. The summed E-state index contributed by atoms with van der Waals surface area (Å²) in [6.45, 7) is 6.28. The number of aliphatic carboxylic acids is 1. The van der Waals surface area contributed by atoms with Gasteiger partial charge in [-0.3, -0.25) is 4.79 Å². The molecule has 1 aliphatic carbocycles. The molecule has 0 spiro atoms. The quantitative estimate of drug-likeness (QED) is 0.701. The molecule has 1 saturated carbocycles. The van der Waals surface area contributed by atoms with Gasteiger partial charge in [0.2, 0.25) is 0 Å². The highest BCUT2D eigenvalue weighted by Crippen LogP contribution is 2.24. The summed E-state index contributed by atoms with van der Waals surface area (Å²) in [6, 6.07) is -0.0388. The van der Waals surface area contributed by atoms with Crippen LogP contribution in [-0.2, 0) is 4.79 Å². The predicted octanol–water partition coefficient (Wildman–Crippen LogP) is 2.75. The van der Waals surface area contributed by atoms with Crippen molar-refractivity contribution in [2.45, 2.75) is 71.4 Å². The van der Waals surface area contributed by atoms with Crippen LogP contribution in [0.25, 0.3) is 0 Å². The molecule has 3 atom stereocenters. The van der Waals surface area contributed by atoms with E-state index in [0.717, 1.165) is 32.1 Å². The van der Waals surface area contributed by atoms with E-state index >= 15 is 0 Å². The fourth-order valence-electron chi connectivity index (χ4n) is 3.09. The third-order valence-electron chi connectivity index (χ3n) is 4.47. The minimum Gasteiger partial charge on any atom is -0.481 e. The molecule has 3 unspecified atom stereocenters. The van der Waals surface area contributed by atoms with Crippen LogP contribution in [0.2, 0.25) is 0 Å². The van der Waals surface area contributed by atoms with Crippen LogP contribution in [-0.4, -0.2) is 29.2 Å². The molecule has 2 amide bonds. The van der Waals surface area contributed by atoms with Gasteiger partial charge in [0.1, 0.15) is 0 Å². The first-order valence-corrected chi connectivity index (χ1v) is 7.77. The van der Waals surface area contributed by atoms with Gasteiger partial charge in [-0.25, -0.2) is 4.79 Å². The largest absolute Gasteiger partial charge is 0.481 e. The average Bonchev–Trinajstić information content (AvgIpc) is 2.40. The third kappa shape index (κ3) is 5.02. The second-order valence-corrected chi connectivity index (χ2v) is 5.88. The van der Waals surface area contributed by atoms with Crippen molar-refractivity contribution in [3.05, 3.63) is 0 Å². The van der Waals surface area contributed by atoms with E-state index in [-0.39, 0.29) is 24.0 Å². The summed E-state index contributed by atoms with van der Waals surface area (Å²) in [4.78, 5) is 23.0. The maximum absolute atomic E-state index is 12.0. The first-order valence-electron chi connectivity index (χ1n) is 7.77. The maximum Gasteiger partial charge on any atom is 0.315 e. The normalized spacial score (nSPS) is 24.2. The van der Waals surface area contributed by atoms with Crippen LogP contribution in [0.1, 0.15) is 59.3 Å². The Morgan fingerprint density at radius 2 is 1.90 bits per heavy atom. The molecule has 1 fully saturated rings. The van der Waals surface area contributed by atoms with Gasteiger partial charge in [0, 0.05) is 12.1 Å². The molecule has 1 rings (SSSR count). The number of carboxylic acids is 1. The minimum absolute atomic E-state index is 0.0150. The summed E-state index contributed by atoms with van der Waals surface area (Å²) in [5.74, 6) is -0.577. The Labute approximate surface area is 121 Å². The van der Waals surface area contributed by atoms with Gasteiger partial charge in [0.05, 0.1) is 5.92 Å². The summed E-state index contributed by atoms with van der Waals surface area (Å²) in [5.41, 5.74) is 0. The Hall–Kier alpha value is -1.26. The van der Waals surface area contributed by atoms with E-state index in [4.69, 9.17) is 5.11 Å². The molecule has 0 bridgehead atoms. The highest BCUT2D eigenvalue weighted by molar-refractivity contribution is 5.75. The lowest BCUT2D eigenvalue weighted by Crippen LogP contribution is -2.49. The molecule has 0 aromatic carbocycles. The van der Waals surface area contributed by atoms with Crippen LogP contribution in [0.3, 0.4) is 0 Å². The lowest BCUT2D eigenvalue weighted by atomic mass is 9.86.